The number of phosphoric ester groups is 1. The van der Waals surface area contributed by atoms with Gasteiger partial charge in [0.25, 0.3) is 7.82 Å². The first-order valence-electron chi connectivity index (χ1n) is 22.5. The Hall–Kier alpha value is -1.54. The van der Waals surface area contributed by atoms with Gasteiger partial charge in [-0.05, 0) is 64.2 Å². The maximum atomic E-state index is 12.8. The second kappa shape index (κ2) is 38.0. The smallest absolute Gasteiger partial charge is 0.268 e. The normalized spacial score (nSPS) is 14.8. The fourth-order valence-electron chi connectivity index (χ4n) is 6.19. The molecule has 0 saturated carbocycles. The Labute approximate surface area is 339 Å². The predicted octanol–water partition coefficient (Wildman–Crippen LogP) is 11.8. The highest BCUT2D eigenvalue weighted by atomic mass is 31.2. The molecule has 0 aliphatic rings. The van der Waals surface area contributed by atoms with Crippen LogP contribution in [0, 0.1) is 0 Å². The number of amides is 1. The fourth-order valence-corrected chi connectivity index (χ4v) is 6.91. The Balaban J connectivity index is 4.27. The van der Waals surface area contributed by atoms with Gasteiger partial charge in [-0.3, -0.25) is 9.36 Å². The molecule has 0 heterocycles. The van der Waals surface area contributed by atoms with Gasteiger partial charge in [0.2, 0.25) is 5.91 Å². The standard InChI is InChI=1S/C46H87N2O6P/c1-6-8-10-12-14-16-18-19-20-21-22-23-24-25-26-27-28-29-30-32-34-36-38-40-46(50)47-44(43-54-55(51,52)53-42-41-48(3,4)5)45(49)39-37-35-33-31-17-15-13-11-9-7-2/h9,11,17,25-26,31,37,39,44-45,49H,6-8,10,12-16,18-24,27-30,32-36,38,40-43H2,1-5H3,(H-,47,50,51,52)/b11-9+,26-25-,31-17+,39-37+. The molecule has 3 unspecified atom stereocenters. The fraction of sp³-hybridized carbons (Fsp3) is 0.804. The van der Waals surface area contributed by atoms with Crippen LogP contribution in [-0.2, 0) is 18.4 Å². The van der Waals surface area contributed by atoms with Crippen LogP contribution < -0.4 is 10.2 Å². The zero-order valence-electron chi connectivity index (χ0n) is 36.4. The summed E-state index contributed by atoms with van der Waals surface area (Å²) in [6.45, 7) is 4.48. The van der Waals surface area contributed by atoms with Crippen molar-refractivity contribution in [3.63, 3.8) is 0 Å². The van der Waals surface area contributed by atoms with Crippen LogP contribution in [0.4, 0.5) is 0 Å². The van der Waals surface area contributed by atoms with E-state index in [4.69, 9.17) is 9.05 Å². The molecule has 1 amide bonds. The number of likely N-dealkylation sites (N-methyl/N-ethyl adjacent to an activating group) is 1. The van der Waals surface area contributed by atoms with E-state index in [-0.39, 0.29) is 12.5 Å². The van der Waals surface area contributed by atoms with Gasteiger partial charge in [0.15, 0.2) is 0 Å². The summed E-state index contributed by atoms with van der Waals surface area (Å²) in [6.07, 6.45) is 47.6. The zero-order valence-corrected chi connectivity index (χ0v) is 37.3. The number of nitrogens with one attached hydrogen (secondary N) is 1. The predicted molar refractivity (Wildman–Crippen MR) is 233 cm³/mol. The lowest BCUT2D eigenvalue weighted by atomic mass is 10.0. The van der Waals surface area contributed by atoms with Crippen LogP contribution in [0.1, 0.15) is 187 Å². The summed E-state index contributed by atoms with van der Waals surface area (Å²) in [5, 5.41) is 13.7. The third kappa shape index (κ3) is 40.5. The van der Waals surface area contributed by atoms with Gasteiger partial charge in [0, 0.05) is 6.42 Å². The van der Waals surface area contributed by atoms with Crippen molar-refractivity contribution in [3.05, 3.63) is 48.6 Å². The van der Waals surface area contributed by atoms with Gasteiger partial charge < -0.3 is 28.8 Å². The van der Waals surface area contributed by atoms with Crippen LogP contribution in [0.2, 0.25) is 0 Å². The molecule has 0 rings (SSSR count). The van der Waals surface area contributed by atoms with Crippen molar-refractivity contribution in [3.8, 4) is 0 Å². The quantitative estimate of drug-likeness (QED) is 0.0277. The highest BCUT2D eigenvalue weighted by Crippen LogP contribution is 2.38. The van der Waals surface area contributed by atoms with Gasteiger partial charge in [-0.2, -0.15) is 0 Å². The number of unbranched alkanes of at least 4 members (excludes halogenated alkanes) is 21. The first kappa shape index (κ1) is 53.5. The number of rotatable bonds is 40. The van der Waals surface area contributed by atoms with Crippen molar-refractivity contribution in [2.75, 3.05) is 40.9 Å². The minimum absolute atomic E-state index is 0.0112. The number of allylic oxidation sites excluding steroid dienone is 7. The van der Waals surface area contributed by atoms with E-state index in [1.165, 1.54) is 116 Å². The third-order valence-corrected chi connectivity index (χ3v) is 10.7. The van der Waals surface area contributed by atoms with Crippen molar-refractivity contribution in [1.29, 1.82) is 0 Å². The summed E-state index contributed by atoms with van der Waals surface area (Å²) in [6, 6.07) is -0.910. The summed E-state index contributed by atoms with van der Waals surface area (Å²) >= 11 is 0. The van der Waals surface area contributed by atoms with Crippen molar-refractivity contribution < 1.29 is 32.9 Å². The molecular weight excluding hydrogens is 707 g/mol. The van der Waals surface area contributed by atoms with Crippen molar-refractivity contribution in [2.24, 2.45) is 0 Å². The molecule has 8 nitrogen and oxygen atoms in total. The second-order valence-corrected chi connectivity index (χ2v) is 17.8. The van der Waals surface area contributed by atoms with E-state index >= 15 is 0 Å². The molecule has 0 aliphatic heterocycles. The van der Waals surface area contributed by atoms with Crippen LogP contribution in [0.5, 0.6) is 0 Å². The maximum absolute atomic E-state index is 12.8. The van der Waals surface area contributed by atoms with Crippen molar-refractivity contribution in [1.82, 2.24) is 5.32 Å². The number of nitrogens with zero attached hydrogens (tertiary/aromatic N) is 1. The number of phosphoric acid groups is 1. The molecule has 2 N–H and O–H groups in total. The van der Waals surface area contributed by atoms with Gasteiger partial charge in [-0.15, -0.1) is 0 Å². The van der Waals surface area contributed by atoms with Crippen LogP contribution >= 0.6 is 7.82 Å². The van der Waals surface area contributed by atoms with Gasteiger partial charge in [0.1, 0.15) is 13.2 Å². The molecule has 0 aromatic rings. The van der Waals surface area contributed by atoms with Crippen LogP contribution in [-0.4, -0.2) is 68.5 Å². The molecule has 3 atom stereocenters. The van der Waals surface area contributed by atoms with Crippen molar-refractivity contribution in [2.45, 2.75) is 199 Å². The molecule has 0 aliphatic carbocycles. The number of aliphatic hydroxyl groups is 1. The molecular formula is C46H87N2O6P. The molecule has 0 saturated heterocycles. The molecule has 0 radical (unpaired) electrons. The number of aliphatic hydroxyl groups excluding tert-OH is 1. The lowest BCUT2D eigenvalue weighted by molar-refractivity contribution is -0.870. The summed E-state index contributed by atoms with van der Waals surface area (Å²) in [5.74, 6) is -0.219. The maximum Gasteiger partial charge on any atom is 0.268 e. The highest BCUT2D eigenvalue weighted by Gasteiger charge is 2.23. The Morgan fingerprint density at radius 2 is 1.07 bits per heavy atom. The molecule has 0 bridgehead atoms. The Bertz CT molecular complexity index is 1040. The zero-order chi connectivity index (χ0) is 40.7. The van der Waals surface area contributed by atoms with E-state index in [2.05, 4.69) is 55.6 Å². The average molecular weight is 795 g/mol. The minimum atomic E-state index is -4.60. The number of quaternary nitrogens is 1. The van der Waals surface area contributed by atoms with E-state index in [1.54, 1.807) is 6.08 Å². The van der Waals surface area contributed by atoms with Crippen molar-refractivity contribution >= 4 is 13.7 Å². The van der Waals surface area contributed by atoms with E-state index < -0.39 is 26.6 Å². The van der Waals surface area contributed by atoms with Gasteiger partial charge in [-0.1, -0.05) is 165 Å². The highest BCUT2D eigenvalue weighted by molar-refractivity contribution is 7.45. The number of hydrogen-bond donors (Lipinski definition) is 2. The van der Waals surface area contributed by atoms with E-state index in [1.807, 2.05) is 27.2 Å². The molecule has 55 heavy (non-hydrogen) atoms. The molecule has 0 fully saturated rings. The van der Waals surface area contributed by atoms with Crippen LogP contribution in [0.15, 0.2) is 48.6 Å². The summed E-state index contributed by atoms with van der Waals surface area (Å²) < 4.78 is 23.1. The van der Waals surface area contributed by atoms with Gasteiger partial charge >= 0.3 is 0 Å². The third-order valence-electron chi connectivity index (χ3n) is 9.75. The monoisotopic (exact) mass is 795 g/mol. The summed E-state index contributed by atoms with van der Waals surface area (Å²) in [7, 11) is 1.23. The van der Waals surface area contributed by atoms with E-state index in [9.17, 15) is 19.4 Å². The topological polar surface area (TPSA) is 108 Å². The Morgan fingerprint density at radius 1 is 0.636 bits per heavy atom. The lowest BCUT2D eigenvalue weighted by Gasteiger charge is -2.29. The number of hydrogen-bond acceptors (Lipinski definition) is 6. The average Bonchev–Trinajstić information content (AvgIpc) is 3.13. The Morgan fingerprint density at radius 3 is 1.56 bits per heavy atom. The summed E-state index contributed by atoms with van der Waals surface area (Å²) in [5.41, 5.74) is 0. The molecule has 322 valence electrons. The lowest BCUT2D eigenvalue weighted by Crippen LogP contribution is -2.45. The molecule has 9 heteroatoms. The Kier molecular flexibility index (Phi) is 36.9. The largest absolute Gasteiger partial charge is 0.756 e. The first-order chi connectivity index (χ1) is 26.5. The summed E-state index contributed by atoms with van der Waals surface area (Å²) in [4.78, 5) is 25.2. The minimum Gasteiger partial charge on any atom is -0.756 e. The van der Waals surface area contributed by atoms with Crippen LogP contribution in [0.25, 0.3) is 0 Å². The SMILES string of the molecule is CC/C=C/CC/C=C/CC/C=C/C(O)C(COP(=O)([O-])OCC[N+](C)(C)C)NC(=O)CCCCCCCCC/C=C\CCCCCCCCCCCCCC. The molecule has 0 aromatic heterocycles. The first-order valence-corrected chi connectivity index (χ1v) is 24.0. The second-order valence-electron chi connectivity index (χ2n) is 16.4. The number of carbonyl (C=O) groups excluding carboxylic acids is 1. The van der Waals surface area contributed by atoms with E-state index in [0.29, 0.717) is 17.4 Å². The van der Waals surface area contributed by atoms with Gasteiger partial charge in [0.05, 0.1) is 39.9 Å². The van der Waals surface area contributed by atoms with E-state index in [0.717, 1.165) is 51.4 Å². The number of carbonyl (C=O) groups is 1. The van der Waals surface area contributed by atoms with Gasteiger partial charge in [-0.25, -0.2) is 0 Å². The molecule has 0 spiro atoms. The molecule has 0 aromatic carbocycles. The van der Waals surface area contributed by atoms with Crippen LogP contribution in [0.3, 0.4) is 0 Å².